The van der Waals surface area contributed by atoms with E-state index in [1.165, 1.54) is 0 Å². The number of rotatable bonds is 8. The van der Waals surface area contributed by atoms with Crippen LogP contribution in [0.4, 0.5) is 10.5 Å². The minimum absolute atomic E-state index is 0.0671. The molecule has 1 atom stereocenters. The number of urea groups is 1. The van der Waals surface area contributed by atoms with Crippen molar-refractivity contribution < 1.29 is 9.53 Å². The lowest BCUT2D eigenvalue weighted by atomic mass is 10.1. The van der Waals surface area contributed by atoms with Crippen LogP contribution in [-0.2, 0) is 0 Å². The smallest absolute Gasteiger partial charge is 0.315 e. The summed E-state index contributed by atoms with van der Waals surface area (Å²) in [7, 11) is 2.01. The summed E-state index contributed by atoms with van der Waals surface area (Å²) in [6.45, 7) is 5.89. The summed E-state index contributed by atoms with van der Waals surface area (Å²) < 4.78 is 5.43. The summed E-state index contributed by atoms with van der Waals surface area (Å²) in [4.78, 5) is 14.2. The largest absolute Gasteiger partial charge is 0.494 e. The van der Waals surface area contributed by atoms with Crippen molar-refractivity contribution in [3.63, 3.8) is 0 Å². The van der Waals surface area contributed by atoms with E-state index in [1.54, 1.807) is 0 Å². The van der Waals surface area contributed by atoms with Crippen LogP contribution in [0.2, 0.25) is 0 Å². The van der Waals surface area contributed by atoms with Crippen molar-refractivity contribution in [3.8, 4) is 5.75 Å². The summed E-state index contributed by atoms with van der Waals surface area (Å²) in [5, 5.41) is 5.85. The molecule has 0 aliphatic heterocycles. The maximum atomic E-state index is 12.0. The van der Waals surface area contributed by atoms with Gasteiger partial charge in [0.25, 0.3) is 0 Å². The SMILES string of the molecule is CCOc1ccc(C(C)NC(=O)NCCN(C)c2ccccc2)cc1. The molecule has 0 heterocycles. The van der Waals surface area contributed by atoms with Gasteiger partial charge in [0.2, 0.25) is 0 Å². The number of ether oxygens (including phenoxy) is 1. The fraction of sp³-hybridized carbons (Fsp3) is 0.350. The van der Waals surface area contributed by atoms with Crippen molar-refractivity contribution in [2.24, 2.45) is 0 Å². The highest BCUT2D eigenvalue weighted by Gasteiger charge is 2.09. The highest BCUT2D eigenvalue weighted by Crippen LogP contribution is 2.17. The fourth-order valence-electron chi connectivity index (χ4n) is 2.50. The summed E-state index contributed by atoms with van der Waals surface area (Å²) >= 11 is 0. The standard InChI is InChI=1S/C20H27N3O2/c1-4-25-19-12-10-17(11-13-19)16(2)22-20(24)21-14-15-23(3)18-8-6-5-7-9-18/h5-13,16H,4,14-15H2,1-3H3,(H2,21,22,24). The van der Waals surface area contributed by atoms with Gasteiger partial charge in [0.1, 0.15) is 5.75 Å². The van der Waals surface area contributed by atoms with E-state index in [-0.39, 0.29) is 12.1 Å². The van der Waals surface area contributed by atoms with E-state index in [9.17, 15) is 4.79 Å². The zero-order chi connectivity index (χ0) is 18.1. The maximum absolute atomic E-state index is 12.0. The molecule has 0 spiro atoms. The number of nitrogens with one attached hydrogen (secondary N) is 2. The lowest BCUT2D eigenvalue weighted by Gasteiger charge is -2.20. The zero-order valence-corrected chi connectivity index (χ0v) is 15.2. The van der Waals surface area contributed by atoms with Gasteiger partial charge in [-0.25, -0.2) is 4.79 Å². The molecule has 5 nitrogen and oxygen atoms in total. The van der Waals surface area contributed by atoms with Crippen molar-refractivity contribution in [2.75, 3.05) is 31.6 Å². The van der Waals surface area contributed by atoms with Crippen molar-refractivity contribution in [1.82, 2.24) is 10.6 Å². The van der Waals surface area contributed by atoms with Crippen LogP contribution < -0.4 is 20.3 Å². The van der Waals surface area contributed by atoms with Gasteiger partial charge in [-0.05, 0) is 43.7 Å². The molecule has 0 saturated carbocycles. The first-order valence-electron chi connectivity index (χ1n) is 8.63. The minimum Gasteiger partial charge on any atom is -0.494 e. The third-order valence-corrected chi connectivity index (χ3v) is 3.97. The van der Waals surface area contributed by atoms with Crippen molar-refractivity contribution in [1.29, 1.82) is 0 Å². The molecule has 5 heteroatoms. The van der Waals surface area contributed by atoms with Crippen LogP contribution in [0.25, 0.3) is 0 Å². The second-order valence-corrected chi connectivity index (χ2v) is 5.88. The number of hydrogen-bond donors (Lipinski definition) is 2. The van der Waals surface area contributed by atoms with Gasteiger partial charge in [0.15, 0.2) is 0 Å². The fourth-order valence-corrected chi connectivity index (χ4v) is 2.50. The molecule has 0 saturated heterocycles. The topological polar surface area (TPSA) is 53.6 Å². The average molecular weight is 341 g/mol. The van der Waals surface area contributed by atoms with Gasteiger partial charge in [0, 0.05) is 25.8 Å². The Hall–Kier alpha value is -2.69. The molecule has 2 aromatic rings. The number of amides is 2. The molecule has 0 bridgehead atoms. The molecular weight excluding hydrogens is 314 g/mol. The van der Waals surface area contributed by atoms with E-state index < -0.39 is 0 Å². The molecule has 2 rings (SSSR count). The summed E-state index contributed by atoms with van der Waals surface area (Å²) in [6.07, 6.45) is 0. The number of carbonyl (C=O) groups excluding carboxylic acids is 1. The number of likely N-dealkylation sites (N-methyl/N-ethyl adjacent to an activating group) is 1. The van der Waals surface area contributed by atoms with Crippen LogP contribution >= 0.6 is 0 Å². The average Bonchev–Trinajstić information content (AvgIpc) is 2.63. The number of para-hydroxylation sites is 1. The first kappa shape index (κ1) is 18.6. The van der Waals surface area contributed by atoms with Crippen LogP contribution in [0.5, 0.6) is 5.75 Å². The van der Waals surface area contributed by atoms with E-state index in [2.05, 4.69) is 15.5 Å². The predicted octanol–water partition coefficient (Wildman–Crippen LogP) is 3.58. The van der Waals surface area contributed by atoms with Crippen LogP contribution in [0.1, 0.15) is 25.5 Å². The number of hydrogen-bond acceptors (Lipinski definition) is 3. The Morgan fingerprint density at radius 2 is 1.80 bits per heavy atom. The lowest BCUT2D eigenvalue weighted by Crippen LogP contribution is -2.40. The molecule has 0 radical (unpaired) electrons. The Kier molecular flexibility index (Phi) is 7.14. The van der Waals surface area contributed by atoms with Crippen molar-refractivity contribution >= 4 is 11.7 Å². The van der Waals surface area contributed by atoms with E-state index in [0.717, 1.165) is 23.5 Å². The number of anilines is 1. The number of carbonyl (C=O) groups is 1. The first-order chi connectivity index (χ1) is 12.1. The predicted molar refractivity (Wildman–Crippen MR) is 102 cm³/mol. The molecule has 0 aliphatic rings. The Morgan fingerprint density at radius 3 is 2.44 bits per heavy atom. The van der Waals surface area contributed by atoms with Gasteiger partial charge in [-0.1, -0.05) is 30.3 Å². The van der Waals surface area contributed by atoms with Gasteiger partial charge in [-0.2, -0.15) is 0 Å². The number of nitrogens with zero attached hydrogens (tertiary/aromatic N) is 1. The van der Waals surface area contributed by atoms with Crippen molar-refractivity contribution in [3.05, 3.63) is 60.2 Å². The molecule has 0 aromatic heterocycles. The molecule has 134 valence electrons. The third-order valence-electron chi connectivity index (χ3n) is 3.97. The summed E-state index contributed by atoms with van der Waals surface area (Å²) in [5.74, 6) is 0.840. The van der Waals surface area contributed by atoms with E-state index in [4.69, 9.17) is 4.74 Å². The second kappa shape index (κ2) is 9.57. The van der Waals surface area contributed by atoms with E-state index in [1.807, 2.05) is 75.5 Å². The first-order valence-corrected chi connectivity index (χ1v) is 8.63. The molecule has 25 heavy (non-hydrogen) atoms. The monoisotopic (exact) mass is 341 g/mol. The van der Waals surface area contributed by atoms with Crippen molar-refractivity contribution in [2.45, 2.75) is 19.9 Å². The minimum atomic E-state index is -0.164. The molecule has 0 fully saturated rings. The Bertz CT molecular complexity index is 644. The molecule has 2 amide bonds. The zero-order valence-electron chi connectivity index (χ0n) is 15.2. The van der Waals surface area contributed by atoms with Gasteiger partial charge in [-0.3, -0.25) is 0 Å². The Labute approximate surface area is 150 Å². The van der Waals surface area contributed by atoms with E-state index >= 15 is 0 Å². The molecule has 2 N–H and O–H groups in total. The summed E-state index contributed by atoms with van der Waals surface area (Å²) in [5.41, 5.74) is 2.17. The van der Waals surface area contributed by atoms with Gasteiger partial charge >= 0.3 is 6.03 Å². The second-order valence-electron chi connectivity index (χ2n) is 5.88. The van der Waals surface area contributed by atoms with Crippen LogP contribution in [0.15, 0.2) is 54.6 Å². The molecular formula is C20H27N3O2. The van der Waals surface area contributed by atoms with Gasteiger partial charge < -0.3 is 20.3 Å². The Morgan fingerprint density at radius 1 is 1.12 bits per heavy atom. The molecule has 0 aliphatic carbocycles. The lowest BCUT2D eigenvalue weighted by molar-refractivity contribution is 0.238. The highest BCUT2D eigenvalue weighted by atomic mass is 16.5. The Balaban J connectivity index is 1.74. The maximum Gasteiger partial charge on any atom is 0.315 e. The van der Waals surface area contributed by atoms with Gasteiger partial charge in [-0.15, -0.1) is 0 Å². The molecule has 1 unspecified atom stereocenters. The third kappa shape index (κ3) is 6.03. The van der Waals surface area contributed by atoms with E-state index in [0.29, 0.717) is 13.2 Å². The summed E-state index contributed by atoms with van der Waals surface area (Å²) in [6, 6.07) is 17.7. The molecule has 2 aromatic carbocycles. The quantitative estimate of drug-likeness (QED) is 0.771. The normalized spacial score (nSPS) is 11.5. The van der Waals surface area contributed by atoms with Crippen LogP contribution in [0, 0.1) is 0 Å². The van der Waals surface area contributed by atoms with Crippen LogP contribution in [0.3, 0.4) is 0 Å². The van der Waals surface area contributed by atoms with Gasteiger partial charge in [0.05, 0.1) is 12.6 Å². The highest BCUT2D eigenvalue weighted by molar-refractivity contribution is 5.74. The number of benzene rings is 2. The van der Waals surface area contributed by atoms with Crippen LogP contribution in [-0.4, -0.2) is 32.8 Å².